The van der Waals surface area contributed by atoms with E-state index in [1.54, 1.807) is 28.6 Å². The van der Waals surface area contributed by atoms with Crippen molar-refractivity contribution < 1.29 is 8.42 Å². The molecule has 1 aromatic carbocycles. The highest BCUT2D eigenvalue weighted by atomic mass is 32.2. The number of hydrogen-bond donors (Lipinski definition) is 0. The first-order valence-electron chi connectivity index (χ1n) is 7.72. The molecule has 22 heavy (non-hydrogen) atoms. The fourth-order valence-corrected chi connectivity index (χ4v) is 5.35. The smallest absolute Gasteiger partial charge is 0.218 e. The van der Waals surface area contributed by atoms with Gasteiger partial charge in [0.15, 0.2) is 0 Å². The second-order valence-corrected chi connectivity index (χ2v) is 8.20. The second kappa shape index (κ2) is 5.99. The third kappa shape index (κ3) is 3.02. The van der Waals surface area contributed by atoms with Gasteiger partial charge in [0, 0.05) is 25.2 Å². The standard InChI is InChI=1S/C16H21N3O2S/c1-13-10-18-7-3-6-16(18)11-19(13)22(20,21)12-15-5-2-4-14(8-15)9-17/h2,4-5,8,13,16H,3,6-7,10-12H2,1H3. The van der Waals surface area contributed by atoms with E-state index in [2.05, 4.69) is 11.0 Å². The molecule has 2 heterocycles. The molecule has 0 saturated carbocycles. The first-order chi connectivity index (χ1) is 10.5. The van der Waals surface area contributed by atoms with Crippen molar-refractivity contribution in [3.8, 4) is 6.07 Å². The Morgan fingerprint density at radius 1 is 1.36 bits per heavy atom. The SMILES string of the molecule is CC1CN2CCCC2CN1S(=O)(=O)Cc1cccc(C#N)c1. The molecule has 2 aliphatic heterocycles. The van der Waals surface area contributed by atoms with E-state index in [0.717, 1.165) is 25.9 Å². The normalized spacial score (nSPS) is 26.5. The molecule has 0 aliphatic carbocycles. The van der Waals surface area contributed by atoms with E-state index in [1.807, 2.05) is 6.92 Å². The van der Waals surface area contributed by atoms with E-state index in [9.17, 15) is 8.42 Å². The van der Waals surface area contributed by atoms with Crippen molar-refractivity contribution in [1.29, 1.82) is 5.26 Å². The number of hydrogen-bond acceptors (Lipinski definition) is 4. The van der Waals surface area contributed by atoms with Crippen LogP contribution >= 0.6 is 0 Å². The monoisotopic (exact) mass is 319 g/mol. The van der Waals surface area contributed by atoms with Crippen LogP contribution in [0.4, 0.5) is 0 Å². The van der Waals surface area contributed by atoms with E-state index in [1.165, 1.54) is 0 Å². The maximum absolute atomic E-state index is 12.8. The van der Waals surface area contributed by atoms with Gasteiger partial charge in [0.05, 0.1) is 17.4 Å². The molecule has 0 spiro atoms. The minimum atomic E-state index is -3.35. The van der Waals surface area contributed by atoms with Gasteiger partial charge in [-0.1, -0.05) is 12.1 Å². The van der Waals surface area contributed by atoms with Gasteiger partial charge in [0.2, 0.25) is 10.0 Å². The third-order valence-electron chi connectivity index (χ3n) is 4.64. The molecule has 5 nitrogen and oxygen atoms in total. The van der Waals surface area contributed by atoms with Crippen LogP contribution in [0.25, 0.3) is 0 Å². The summed E-state index contributed by atoms with van der Waals surface area (Å²) in [5.41, 5.74) is 1.18. The van der Waals surface area contributed by atoms with E-state index < -0.39 is 10.0 Å². The summed E-state index contributed by atoms with van der Waals surface area (Å²) in [7, 11) is -3.35. The zero-order valence-corrected chi connectivity index (χ0v) is 13.6. The van der Waals surface area contributed by atoms with Crippen LogP contribution in [0.2, 0.25) is 0 Å². The highest BCUT2D eigenvalue weighted by Crippen LogP contribution is 2.27. The van der Waals surface area contributed by atoms with E-state index >= 15 is 0 Å². The van der Waals surface area contributed by atoms with E-state index in [0.29, 0.717) is 23.7 Å². The van der Waals surface area contributed by atoms with Gasteiger partial charge in [-0.3, -0.25) is 4.90 Å². The van der Waals surface area contributed by atoms with E-state index in [4.69, 9.17) is 5.26 Å². The summed E-state index contributed by atoms with van der Waals surface area (Å²) in [6, 6.07) is 9.30. The van der Waals surface area contributed by atoms with Gasteiger partial charge < -0.3 is 0 Å². The maximum atomic E-state index is 12.8. The summed E-state index contributed by atoms with van der Waals surface area (Å²) < 4.78 is 27.2. The minimum Gasteiger partial charge on any atom is -0.297 e. The molecular formula is C16H21N3O2S. The van der Waals surface area contributed by atoms with Crippen molar-refractivity contribution in [3.05, 3.63) is 35.4 Å². The summed E-state index contributed by atoms with van der Waals surface area (Å²) >= 11 is 0. The fraction of sp³-hybridized carbons (Fsp3) is 0.562. The highest BCUT2D eigenvalue weighted by Gasteiger charge is 2.39. The molecule has 2 aliphatic rings. The Morgan fingerprint density at radius 2 is 2.18 bits per heavy atom. The Morgan fingerprint density at radius 3 is 2.95 bits per heavy atom. The molecule has 0 N–H and O–H groups in total. The maximum Gasteiger partial charge on any atom is 0.218 e. The van der Waals surface area contributed by atoms with Crippen LogP contribution < -0.4 is 0 Å². The van der Waals surface area contributed by atoms with Crippen LogP contribution in [-0.2, 0) is 15.8 Å². The fourth-order valence-electron chi connectivity index (χ4n) is 3.57. The van der Waals surface area contributed by atoms with Crippen molar-refractivity contribution in [2.75, 3.05) is 19.6 Å². The molecule has 0 aromatic heterocycles. The minimum absolute atomic E-state index is 0.0125. The van der Waals surface area contributed by atoms with Gasteiger partial charge in [0.1, 0.15) is 0 Å². The lowest BCUT2D eigenvalue weighted by atomic mass is 10.1. The molecule has 3 rings (SSSR count). The summed E-state index contributed by atoms with van der Waals surface area (Å²) in [5, 5.41) is 8.94. The van der Waals surface area contributed by atoms with Gasteiger partial charge in [-0.05, 0) is 44.0 Å². The summed E-state index contributed by atoms with van der Waals surface area (Å²) in [6.45, 7) is 4.49. The second-order valence-electron chi connectivity index (χ2n) is 6.28. The van der Waals surface area contributed by atoms with Crippen LogP contribution in [0.5, 0.6) is 0 Å². The zero-order chi connectivity index (χ0) is 15.7. The highest BCUT2D eigenvalue weighted by molar-refractivity contribution is 7.88. The topological polar surface area (TPSA) is 64.4 Å². The molecular weight excluding hydrogens is 298 g/mol. The quantitative estimate of drug-likeness (QED) is 0.848. The van der Waals surface area contributed by atoms with Crippen LogP contribution in [0.15, 0.2) is 24.3 Å². The number of sulfonamides is 1. The van der Waals surface area contributed by atoms with Gasteiger partial charge in [-0.2, -0.15) is 9.57 Å². The van der Waals surface area contributed by atoms with Crippen LogP contribution in [-0.4, -0.2) is 49.3 Å². The Balaban J connectivity index is 1.78. The zero-order valence-electron chi connectivity index (χ0n) is 12.8. The Kier molecular flexibility index (Phi) is 4.22. The molecule has 2 saturated heterocycles. The third-order valence-corrected chi connectivity index (χ3v) is 6.56. The Bertz CT molecular complexity index is 696. The van der Waals surface area contributed by atoms with Gasteiger partial charge in [-0.25, -0.2) is 8.42 Å². The number of benzene rings is 1. The van der Waals surface area contributed by atoms with Crippen molar-refractivity contribution in [1.82, 2.24) is 9.21 Å². The molecule has 2 unspecified atom stereocenters. The van der Waals surface area contributed by atoms with E-state index in [-0.39, 0.29) is 11.8 Å². The Hall–Kier alpha value is -1.42. The largest absolute Gasteiger partial charge is 0.297 e. The lowest BCUT2D eigenvalue weighted by Gasteiger charge is -2.41. The van der Waals surface area contributed by atoms with Crippen LogP contribution in [0.1, 0.15) is 30.9 Å². The summed E-state index contributed by atoms with van der Waals surface area (Å²) in [6.07, 6.45) is 2.25. The van der Waals surface area contributed by atoms with Gasteiger partial charge >= 0.3 is 0 Å². The lowest BCUT2D eigenvalue weighted by molar-refractivity contribution is 0.117. The average molecular weight is 319 g/mol. The van der Waals surface area contributed by atoms with Crippen molar-refractivity contribution in [2.24, 2.45) is 0 Å². The lowest BCUT2D eigenvalue weighted by Crippen LogP contribution is -2.56. The molecule has 0 radical (unpaired) electrons. The molecule has 1 aromatic rings. The summed E-state index contributed by atoms with van der Waals surface area (Å²) in [4.78, 5) is 2.41. The number of piperazine rings is 1. The first-order valence-corrected chi connectivity index (χ1v) is 9.33. The number of nitriles is 1. The van der Waals surface area contributed by atoms with Crippen molar-refractivity contribution >= 4 is 10.0 Å². The first kappa shape index (κ1) is 15.5. The number of nitrogens with zero attached hydrogens (tertiary/aromatic N) is 3. The molecule has 2 atom stereocenters. The average Bonchev–Trinajstić information content (AvgIpc) is 2.93. The van der Waals surface area contributed by atoms with Crippen molar-refractivity contribution in [2.45, 2.75) is 37.6 Å². The van der Waals surface area contributed by atoms with Gasteiger partial charge in [0.25, 0.3) is 0 Å². The Labute approximate surface area is 132 Å². The van der Waals surface area contributed by atoms with Crippen LogP contribution in [0, 0.1) is 11.3 Å². The molecule has 0 bridgehead atoms. The number of rotatable bonds is 3. The molecule has 0 amide bonds. The molecule has 2 fully saturated rings. The predicted octanol–water partition coefficient (Wildman–Crippen LogP) is 1.56. The number of fused-ring (bicyclic) bond motifs is 1. The summed E-state index contributed by atoms with van der Waals surface area (Å²) in [5.74, 6) is -0.0282. The van der Waals surface area contributed by atoms with Crippen molar-refractivity contribution in [3.63, 3.8) is 0 Å². The van der Waals surface area contributed by atoms with Crippen LogP contribution in [0.3, 0.4) is 0 Å². The predicted molar refractivity (Wildman–Crippen MR) is 84.5 cm³/mol. The molecule has 118 valence electrons. The molecule has 6 heteroatoms. The van der Waals surface area contributed by atoms with Gasteiger partial charge in [-0.15, -0.1) is 0 Å².